The lowest BCUT2D eigenvalue weighted by Gasteiger charge is -2.32. The summed E-state index contributed by atoms with van der Waals surface area (Å²) in [5, 5.41) is 2.78. The van der Waals surface area contributed by atoms with Crippen LogP contribution in [0.3, 0.4) is 0 Å². The van der Waals surface area contributed by atoms with Crippen molar-refractivity contribution in [2.45, 2.75) is 25.7 Å². The number of aryl methyl sites for hydroxylation is 1. The van der Waals surface area contributed by atoms with E-state index in [1.165, 1.54) is 12.3 Å². The van der Waals surface area contributed by atoms with E-state index >= 15 is 0 Å². The quantitative estimate of drug-likeness (QED) is 0.660. The van der Waals surface area contributed by atoms with E-state index in [9.17, 15) is 14.0 Å². The SMILES string of the molecule is Cl.Cl.NCCNC(=O)C1CCCN(C(=O)CCc2ncc(-c3ccccc3F)o2)C1. The van der Waals surface area contributed by atoms with Gasteiger partial charge in [0.25, 0.3) is 0 Å². The van der Waals surface area contributed by atoms with Crippen molar-refractivity contribution in [3.05, 3.63) is 42.2 Å². The summed E-state index contributed by atoms with van der Waals surface area (Å²) < 4.78 is 19.4. The van der Waals surface area contributed by atoms with Gasteiger partial charge < -0.3 is 20.4 Å². The van der Waals surface area contributed by atoms with E-state index in [2.05, 4.69) is 10.3 Å². The maximum absolute atomic E-state index is 13.8. The van der Waals surface area contributed by atoms with Gasteiger partial charge in [0.15, 0.2) is 11.7 Å². The van der Waals surface area contributed by atoms with Crippen LogP contribution in [0.2, 0.25) is 0 Å². The second-order valence-electron chi connectivity index (χ2n) is 6.86. The Morgan fingerprint density at radius 2 is 2.07 bits per heavy atom. The Morgan fingerprint density at radius 3 is 2.80 bits per heavy atom. The molecule has 2 aromatic rings. The molecule has 1 atom stereocenters. The maximum atomic E-state index is 13.8. The molecule has 1 aromatic heterocycles. The zero-order valence-corrected chi connectivity index (χ0v) is 18.1. The Morgan fingerprint density at radius 1 is 1.30 bits per heavy atom. The van der Waals surface area contributed by atoms with Crippen molar-refractivity contribution < 1.29 is 18.4 Å². The number of benzene rings is 1. The zero-order valence-electron chi connectivity index (χ0n) is 16.5. The summed E-state index contributed by atoms with van der Waals surface area (Å²) in [6, 6.07) is 6.31. The van der Waals surface area contributed by atoms with Gasteiger partial charge in [0.2, 0.25) is 11.8 Å². The molecule has 1 saturated heterocycles. The van der Waals surface area contributed by atoms with Crippen LogP contribution in [-0.2, 0) is 16.0 Å². The Kier molecular flexibility index (Phi) is 10.8. The Labute approximate surface area is 187 Å². The van der Waals surface area contributed by atoms with Gasteiger partial charge in [-0.1, -0.05) is 12.1 Å². The molecule has 166 valence electrons. The zero-order chi connectivity index (χ0) is 19.9. The third-order valence-electron chi connectivity index (χ3n) is 4.83. The molecule has 0 spiro atoms. The van der Waals surface area contributed by atoms with E-state index in [-0.39, 0.29) is 54.8 Å². The van der Waals surface area contributed by atoms with Crippen molar-refractivity contribution in [2.24, 2.45) is 11.7 Å². The molecule has 1 fully saturated rings. The van der Waals surface area contributed by atoms with Crippen LogP contribution in [0.5, 0.6) is 0 Å². The minimum atomic E-state index is -0.381. The number of nitrogens with zero attached hydrogens (tertiary/aromatic N) is 2. The molecular weight excluding hydrogens is 434 g/mol. The van der Waals surface area contributed by atoms with Gasteiger partial charge in [-0.15, -0.1) is 24.8 Å². The van der Waals surface area contributed by atoms with Crippen molar-refractivity contribution in [1.29, 1.82) is 0 Å². The van der Waals surface area contributed by atoms with Crippen LogP contribution >= 0.6 is 24.8 Å². The van der Waals surface area contributed by atoms with Crippen molar-refractivity contribution in [3.63, 3.8) is 0 Å². The number of carbonyl (C=O) groups is 2. The fourth-order valence-corrected chi connectivity index (χ4v) is 3.34. The van der Waals surface area contributed by atoms with Crippen molar-refractivity contribution in [1.82, 2.24) is 15.2 Å². The van der Waals surface area contributed by atoms with Gasteiger partial charge >= 0.3 is 0 Å². The lowest BCUT2D eigenvalue weighted by atomic mass is 9.96. The van der Waals surface area contributed by atoms with Crippen molar-refractivity contribution >= 4 is 36.6 Å². The Hall–Kier alpha value is -2.16. The molecule has 3 N–H and O–H groups in total. The topological polar surface area (TPSA) is 101 Å². The van der Waals surface area contributed by atoms with E-state index in [4.69, 9.17) is 10.2 Å². The smallest absolute Gasteiger partial charge is 0.224 e. The lowest BCUT2D eigenvalue weighted by molar-refractivity contribution is -0.135. The summed E-state index contributed by atoms with van der Waals surface area (Å²) in [5.74, 6) is 0.0651. The highest BCUT2D eigenvalue weighted by Gasteiger charge is 2.28. The summed E-state index contributed by atoms with van der Waals surface area (Å²) in [6.07, 6.45) is 3.59. The third kappa shape index (κ3) is 6.68. The number of hydrogen-bond donors (Lipinski definition) is 2. The van der Waals surface area contributed by atoms with Crippen LogP contribution in [0.15, 0.2) is 34.9 Å². The highest BCUT2D eigenvalue weighted by Crippen LogP contribution is 2.24. The summed E-state index contributed by atoms with van der Waals surface area (Å²) >= 11 is 0. The van der Waals surface area contributed by atoms with E-state index < -0.39 is 0 Å². The summed E-state index contributed by atoms with van der Waals surface area (Å²) in [6.45, 7) is 1.90. The highest BCUT2D eigenvalue weighted by molar-refractivity contribution is 5.85. The normalized spacial score (nSPS) is 15.7. The van der Waals surface area contributed by atoms with Crippen LogP contribution in [0.25, 0.3) is 11.3 Å². The van der Waals surface area contributed by atoms with Crippen LogP contribution in [0.1, 0.15) is 25.2 Å². The number of amides is 2. The molecule has 0 aliphatic carbocycles. The molecule has 0 saturated carbocycles. The van der Waals surface area contributed by atoms with Crippen LogP contribution in [0, 0.1) is 11.7 Å². The van der Waals surface area contributed by atoms with Gasteiger partial charge in [0.1, 0.15) is 5.82 Å². The van der Waals surface area contributed by atoms with Gasteiger partial charge in [-0.3, -0.25) is 9.59 Å². The minimum absolute atomic E-state index is 0. The Bertz CT molecular complexity index is 834. The molecular formula is C20H27Cl2FN4O3. The van der Waals surface area contributed by atoms with Gasteiger partial charge in [-0.25, -0.2) is 9.37 Å². The summed E-state index contributed by atoms with van der Waals surface area (Å²) in [5.41, 5.74) is 5.75. The average Bonchev–Trinajstić information content (AvgIpc) is 3.19. The standard InChI is InChI=1S/C20H25FN4O3.2ClH/c21-16-6-2-1-5-15(16)17-12-24-18(28-17)7-8-19(26)25-11-3-4-14(13-25)20(27)23-10-9-22;;/h1-2,5-6,12,14H,3-4,7-11,13,22H2,(H,23,27);2*1H. The molecule has 0 radical (unpaired) electrons. The monoisotopic (exact) mass is 460 g/mol. The average molecular weight is 461 g/mol. The van der Waals surface area contributed by atoms with Crippen LogP contribution in [-0.4, -0.2) is 47.9 Å². The molecule has 2 amide bonds. The molecule has 10 heteroatoms. The first kappa shape index (κ1) is 25.9. The van der Waals surface area contributed by atoms with E-state index in [0.29, 0.717) is 49.8 Å². The first-order valence-corrected chi connectivity index (χ1v) is 9.53. The van der Waals surface area contributed by atoms with Crippen molar-refractivity contribution in [2.75, 3.05) is 26.2 Å². The van der Waals surface area contributed by atoms with E-state index in [1.54, 1.807) is 23.1 Å². The number of nitrogens with two attached hydrogens (primary N) is 1. The fourth-order valence-electron chi connectivity index (χ4n) is 3.34. The molecule has 1 aliphatic heterocycles. The molecule has 1 aromatic carbocycles. The molecule has 7 nitrogen and oxygen atoms in total. The number of carbonyl (C=O) groups excluding carboxylic acids is 2. The molecule has 2 heterocycles. The van der Waals surface area contributed by atoms with E-state index in [0.717, 1.165) is 12.8 Å². The van der Waals surface area contributed by atoms with Gasteiger partial charge in [0, 0.05) is 39.0 Å². The number of aromatic nitrogens is 1. The molecule has 3 rings (SSSR count). The maximum Gasteiger partial charge on any atom is 0.224 e. The number of oxazole rings is 1. The number of hydrogen-bond acceptors (Lipinski definition) is 5. The molecule has 0 bridgehead atoms. The largest absolute Gasteiger partial charge is 0.441 e. The summed E-state index contributed by atoms with van der Waals surface area (Å²) in [7, 11) is 0. The number of likely N-dealkylation sites (tertiary alicyclic amines) is 1. The fraction of sp³-hybridized carbons (Fsp3) is 0.450. The van der Waals surface area contributed by atoms with Gasteiger partial charge in [0.05, 0.1) is 17.7 Å². The lowest BCUT2D eigenvalue weighted by Crippen LogP contribution is -2.46. The van der Waals surface area contributed by atoms with Crippen molar-refractivity contribution in [3.8, 4) is 11.3 Å². The first-order valence-electron chi connectivity index (χ1n) is 9.53. The van der Waals surface area contributed by atoms with Gasteiger partial charge in [-0.05, 0) is 25.0 Å². The first-order chi connectivity index (χ1) is 13.6. The van der Waals surface area contributed by atoms with Gasteiger partial charge in [-0.2, -0.15) is 0 Å². The number of nitrogens with one attached hydrogen (secondary N) is 1. The number of rotatable bonds is 7. The molecule has 1 unspecified atom stereocenters. The van der Waals surface area contributed by atoms with Crippen LogP contribution in [0.4, 0.5) is 4.39 Å². The predicted molar refractivity (Wildman–Crippen MR) is 116 cm³/mol. The van der Waals surface area contributed by atoms with E-state index in [1.807, 2.05) is 0 Å². The second kappa shape index (κ2) is 12.5. The van der Waals surface area contributed by atoms with Crippen LogP contribution < -0.4 is 11.1 Å². The number of piperidine rings is 1. The summed E-state index contributed by atoms with van der Waals surface area (Å²) in [4.78, 5) is 30.5. The molecule has 30 heavy (non-hydrogen) atoms. The minimum Gasteiger partial charge on any atom is -0.441 e. The Balaban J connectivity index is 0.00000225. The third-order valence-corrected chi connectivity index (χ3v) is 4.83. The number of halogens is 3. The predicted octanol–water partition coefficient (Wildman–Crippen LogP) is 2.57. The molecule has 1 aliphatic rings. The highest BCUT2D eigenvalue weighted by atomic mass is 35.5. The second-order valence-corrected chi connectivity index (χ2v) is 6.86.